The van der Waals surface area contributed by atoms with Gasteiger partial charge in [-0.1, -0.05) is 56.2 Å². The van der Waals surface area contributed by atoms with E-state index in [0.29, 0.717) is 0 Å². The molecule has 2 nitrogen and oxygen atoms in total. The van der Waals surface area contributed by atoms with E-state index in [1.165, 1.54) is 64.2 Å². The molecule has 0 bridgehead atoms. The average molecular weight is 327 g/mol. The Bertz CT molecular complexity index is 509. The van der Waals surface area contributed by atoms with Crippen LogP contribution < -0.4 is 11.5 Å². The predicted molar refractivity (Wildman–Crippen MR) is 105 cm³/mol. The number of hydrogen-bond donors (Lipinski definition) is 2. The molecule has 0 saturated heterocycles. The molecular weight excluding hydrogens is 292 g/mol. The minimum atomic E-state index is 0.847. The fraction of sp³-hybridized carbons (Fsp3) is 0.636. The van der Waals surface area contributed by atoms with Gasteiger partial charge in [-0.3, -0.25) is 0 Å². The van der Waals surface area contributed by atoms with Gasteiger partial charge >= 0.3 is 0 Å². The molecule has 1 aromatic rings. The highest BCUT2D eigenvalue weighted by Gasteiger charge is 2.25. The molecule has 1 aromatic carbocycles. The molecule has 0 unspecified atom stereocenters. The summed E-state index contributed by atoms with van der Waals surface area (Å²) in [6.45, 7) is 0. The maximum Gasteiger partial charge on any atom is 0.0367 e. The smallest absolute Gasteiger partial charge is 0.0367 e. The van der Waals surface area contributed by atoms with Gasteiger partial charge in [0.1, 0.15) is 0 Å². The highest BCUT2D eigenvalue weighted by atomic mass is 14.6. The molecule has 2 saturated carbocycles. The molecule has 2 aliphatic rings. The molecule has 0 aromatic heterocycles. The van der Waals surface area contributed by atoms with Gasteiger partial charge in [0.2, 0.25) is 0 Å². The lowest BCUT2D eigenvalue weighted by Crippen LogP contribution is -2.18. The van der Waals surface area contributed by atoms with Gasteiger partial charge in [-0.05, 0) is 68.1 Å². The Balaban J connectivity index is 1.70. The van der Waals surface area contributed by atoms with Gasteiger partial charge in [-0.25, -0.2) is 0 Å². The number of allylic oxidation sites excluding steroid dienone is 2. The third-order valence-electron chi connectivity index (χ3n) is 6.18. The first kappa shape index (κ1) is 17.4. The van der Waals surface area contributed by atoms with Crippen molar-refractivity contribution in [3.63, 3.8) is 0 Å². The van der Waals surface area contributed by atoms with Crippen LogP contribution in [-0.4, -0.2) is 0 Å². The Hall–Kier alpha value is -1.44. The molecule has 2 heteroatoms. The van der Waals surface area contributed by atoms with Gasteiger partial charge in [-0.2, -0.15) is 0 Å². The summed E-state index contributed by atoms with van der Waals surface area (Å²) in [6.07, 6.45) is 18.9. The van der Waals surface area contributed by atoms with Crippen LogP contribution in [0.2, 0.25) is 0 Å². The Morgan fingerprint density at radius 3 is 1.83 bits per heavy atom. The Kier molecular flexibility index (Phi) is 6.23. The van der Waals surface area contributed by atoms with Crippen LogP contribution in [0.5, 0.6) is 0 Å². The molecule has 132 valence electrons. The summed E-state index contributed by atoms with van der Waals surface area (Å²) in [5, 5.41) is 0. The van der Waals surface area contributed by atoms with E-state index in [0.717, 1.165) is 41.6 Å². The normalized spacial score (nSPS) is 20.0. The summed E-state index contributed by atoms with van der Waals surface area (Å²) < 4.78 is 0. The second-order valence-corrected chi connectivity index (χ2v) is 7.83. The lowest BCUT2D eigenvalue weighted by Gasteiger charge is -2.32. The summed E-state index contributed by atoms with van der Waals surface area (Å²) in [5.74, 6) is 1.71. The SMILES string of the molecule is Nc1cccc(N)c1CCC=C(C1CCCCC1)C1CCCCC1. The molecule has 24 heavy (non-hydrogen) atoms. The van der Waals surface area contributed by atoms with Crippen molar-refractivity contribution in [3.8, 4) is 0 Å². The summed E-state index contributed by atoms with van der Waals surface area (Å²) in [4.78, 5) is 0. The van der Waals surface area contributed by atoms with Gasteiger partial charge < -0.3 is 11.5 Å². The Morgan fingerprint density at radius 1 is 0.833 bits per heavy atom. The highest BCUT2D eigenvalue weighted by Crippen LogP contribution is 2.39. The van der Waals surface area contributed by atoms with Gasteiger partial charge in [-0.15, -0.1) is 0 Å². The molecule has 4 N–H and O–H groups in total. The molecule has 0 heterocycles. The van der Waals surface area contributed by atoms with Gasteiger partial charge in [0.05, 0.1) is 0 Å². The van der Waals surface area contributed by atoms with Crippen molar-refractivity contribution >= 4 is 11.4 Å². The monoisotopic (exact) mass is 326 g/mol. The third-order valence-corrected chi connectivity index (χ3v) is 6.18. The van der Waals surface area contributed by atoms with Gasteiger partial charge in [0.15, 0.2) is 0 Å². The maximum atomic E-state index is 6.12. The second kappa shape index (κ2) is 8.60. The molecule has 2 aliphatic carbocycles. The molecule has 0 aliphatic heterocycles. The van der Waals surface area contributed by atoms with Crippen LogP contribution in [0.15, 0.2) is 29.8 Å². The average Bonchev–Trinajstić information content (AvgIpc) is 2.62. The van der Waals surface area contributed by atoms with E-state index >= 15 is 0 Å². The van der Waals surface area contributed by atoms with Crippen LogP contribution in [0.25, 0.3) is 0 Å². The first-order valence-electron chi connectivity index (χ1n) is 10.1. The summed E-state index contributed by atoms with van der Waals surface area (Å²) in [6, 6.07) is 5.89. The Morgan fingerprint density at radius 2 is 1.33 bits per heavy atom. The van der Waals surface area contributed by atoms with E-state index in [9.17, 15) is 0 Å². The van der Waals surface area contributed by atoms with E-state index in [2.05, 4.69) is 6.08 Å². The minimum Gasteiger partial charge on any atom is -0.398 e. The predicted octanol–water partition coefficient (Wildman–Crippen LogP) is 5.87. The minimum absolute atomic E-state index is 0.847. The zero-order chi connectivity index (χ0) is 16.8. The molecular formula is C22H34N2. The van der Waals surface area contributed by atoms with Gasteiger partial charge in [0, 0.05) is 11.4 Å². The van der Waals surface area contributed by atoms with E-state index in [1.807, 2.05) is 18.2 Å². The largest absolute Gasteiger partial charge is 0.398 e. The number of rotatable bonds is 5. The molecule has 0 atom stereocenters. The molecule has 0 radical (unpaired) electrons. The quantitative estimate of drug-likeness (QED) is 0.525. The van der Waals surface area contributed by atoms with Crippen molar-refractivity contribution in [1.82, 2.24) is 0 Å². The maximum absolute atomic E-state index is 6.12. The molecule has 3 rings (SSSR count). The zero-order valence-electron chi connectivity index (χ0n) is 15.1. The van der Waals surface area contributed by atoms with Crippen molar-refractivity contribution in [2.24, 2.45) is 11.8 Å². The number of hydrogen-bond acceptors (Lipinski definition) is 2. The molecule has 0 amide bonds. The number of nitrogen functional groups attached to an aromatic ring is 2. The third kappa shape index (κ3) is 4.34. The number of nitrogens with two attached hydrogens (primary N) is 2. The number of benzene rings is 1. The first-order valence-corrected chi connectivity index (χ1v) is 10.1. The summed E-state index contributed by atoms with van der Waals surface area (Å²) >= 11 is 0. The fourth-order valence-electron chi connectivity index (χ4n) is 4.83. The highest BCUT2D eigenvalue weighted by molar-refractivity contribution is 5.61. The summed E-state index contributed by atoms with van der Waals surface area (Å²) in [7, 11) is 0. The van der Waals surface area contributed by atoms with Crippen molar-refractivity contribution in [3.05, 3.63) is 35.4 Å². The first-order chi connectivity index (χ1) is 11.8. The topological polar surface area (TPSA) is 52.0 Å². The summed E-state index contributed by atoms with van der Waals surface area (Å²) in [5.41, 5.74) is 16.9. The lowest BCUT2D eigenvalue weighted by molar-refractivity contribution is 0.325. The molecule has 2 fully saturated rings. The van der Waals surface area contributed by atoms with Crippen molar-refractivity contribution in [1.29, 1.82) is 0 Å². The molecule has 0 spiro atoms. The van der Waals surface area contributed by atoms with Crippen molar-refractivity contribution < 1.29 is 0 Å². The van der Waals surface area contributed by atoms with E-state index < -0.39 is 0 Å². The van der Waals surface area contributed by atoms with Gasteiger partial charge in [0.25, 0.3) is 0 Å². The van der Waals surface area contributed by atoms with Crippen LogP contribution in [0.1, 0.15) is 76.2 Å². The van der Waals surface area contributed by atoms with Crippen LogP contribution in [0.4, 0.5) is 11.4 Å². The Labute approximate surface area is 147 Å². The van der Waals surface area contributed by atoms with E-state index in [1.54, 1.807) is 5.57 Å². The van der Waals surface area contributed by atoms with Crippen LogP contribution >= 0.6 is 0 Å². The zero-order valence-corrected chi connectivity index (χ0v) is 15.1. The second-order valence-electron chi connectivity index (χ2n) is 7.83. The van der Waals surface area contributed by atoms with Crippen LogP contribution in [0.3, 0.4) is 0 Å². The number of anilines is 2. The lowest BCUT2D eigenvalue weighted by atomic mass is 9.73. The van der Waals surface area contributed by atoms with E-state index in [-0.39, 0.29) is 0 Å². The standard InChI is InChI=1S/C22H34N2/c23-21-15-8-16-22(24)20(21)14-7-13-19(17-9-3-1-4-10-17)18-11-5-2-6-12-18/h8,13,15-18H,1-7,9-12,14,23-24H2. The fourth-order valence-corrected chi connectivity index (χ4v) is 4.83. The van der Waals surface area contributed by atoms with Crippen molar-refractivity contribution in [2.45, 2.75) is 77.0 Å². The van der Waals surface area contributed by atoms with Crippen molar-refractivity contribution in [2.75, 3.05) is 11.5 Å². The van der Waals surface area contributed by atoms with E-state index in [4.69, 9.17) is 11.5 Å². The van der Waals surface area contributed by atoms with Crippen LogP contribution in [0, 0.1) is 11.8 Å². The van der Waals surface area contributed by atoms with Crippen LogP contribution in [-0.2, 0) is 6.42 Å².